The van der Waals surface area contributed by atoms with Crippen molar-refractivity contribution in [2.45, 2.75) is 46.3 Å². The van der Waals surface area contributed by atoms with Gasteiger partial charge in [0.2, 0.25) is 0 Å². The molecule has 2 aromatic rings. The average Bonchev–Trinajstić information content (AvgIpc) is 2.73. The number of anilines is 2. The fraction of sp³-hybridized carbons (Fsp3) is 0.500. The number of benzene rings is 2. The van der Waals surface area contributed by atoms with E-state index in [1.807, 2.05) is 20.8 Å². The zero-order valence-corrected chi connectivity index (χ0v) is 20.0. The minimum absolute atomic E-state index is 0.261. The summed E-state index contributed by atoms with van der Waals surface area (Å²) in [6, 6.07) is 16.8. The fourth-order valence-corrected chi connectivity index (χ4v) is 3.82. The van der Waals surface area contributed by atoms with Crippen LogP contribution in [0, 0.1) is 13.8 Å². The number of ether oxygens (including phenoxy) is 1. The molecule has 3 rings (SSSR count). The summed E-state index contributed by atoms with van der Waals surface area (Å²) in [4.78, 5) is 18.4. The third kappa shape index (κ3) is 6.97. The van der Waals surface area contributed by atoms with Crippen molar-refractivity contribution in [3.8, 4) is 0 Å². The SMILES string of the molecule is Cc1ccc(N(CC(O)CN2CCN(C(=O)OC(C)(C)C)CC2)c2ccc(C)cc2)cc1. The maximum atomic E-state index is 12.3. The number of β-amino-alcohol motifs (C(OH)–C–C–N with tert-alkyl or cyclic N) is 1. The monoisotopic (exact) mass is 439 g/mol. The summed E-state index contributed by atoms with van der Waals surface area (Å²) in [5.74, 6) is 0. The number of aliphatic hydroxyl groups excluding tert-OH is 1. The molecule has 6 heteroatoms. The van der Waals surface area contributed by atoms with Crippen LogP contribution in [0.1, 0.15) is 31.9 Å². The van der Waals surface area contributed by atoms with Gasteiger partial charge in [-0.15, -0.1) is 0 Å². The molecule has 1 aliphatic heterocycles. The highest BCUT2D eigenvalue weighted by molar-refractivity contribution is 5.68. The first kappa shape index (κ1) is 24.1. The zero-order chi connectivity index (χ0) is 23.3. The Morgan fingerprint density at radius 3 is 1.84 bits per heavy atom. The van der Waals surface area contributed by atoms with Gasteiger partial charge in [0.1, 0.15) is 5.60 Å². The second kappa shape index (κ2) is 10.4. The van der Waals surface area contributed by atoms with Crippen molar-refractivity contribution in [1.29, 1.82) is 0 Å². The molecule has 1 saturated heterocycles. The minimum Gasteiger partial charge on any atom is -0.444 e. The molecule has 0 aliphatic carbocycles. The lowest BCUT2D eigenvalue weighted by Gasteiger charge is -2.37. The zero-order valence-electron chi connectivity index (χ0n) is 20.0. The summed E-state index contributed by atoms with van der Waals surface area (Å²) in [5.41, 5.74) is 4.06. The molecule has 0 bridgehead atoms. The number of aryl methyl sites for hydroxylation is 2. The van der Waals surface area contributed by atoms with Gasteiger partial charge in [-0.3, -0.25) is 4.90 Å². The van der Waals surface area contributed by atoms with Crippen molar-refractivity contribution in [3.63, 3.8) is 0 Å². The molecule has 2 aromatic carbocycles. The van der Waals surface area contributed by atoms with Crippen LogP contribution in [0.5, 0.6) is 0 Å². The second-order valence-electron chi connectivity index (χ2n) is 9.70. The molecule has 0 radical (unpaired) electrons. The van der Waals surface area contributed by atoms with Crippen LogP contribution >= 0.6 is 0 Å². The highest BCUT2D eigenvalue weighted by Gasteiger charge is 2.27. The van der Waals surface area contributed by atoms with Crippen LogP contribution in [0.25, 0.3) is 0 Å². The number of aliphatic hydroxyl groups is 1. The average molecular weight is 440 g/mol. The van der Waals surface area contributed by atoms with Crippen molar-refractivity contribution >= 4 is 17.5 Å². The number of amides is 1. The Kier molecular flexibility index (Phi) is 7.80. The molecular formula is C26H37N3O3. The van der Waals surface area contributed by atoms with Gasteiger partial charge >= 0.3 is 6.09 Å². The fourth-order valence-electron chi connectivity index (χ4n) is 3.82. The number of hydrogen-bond acceptors (Lipinski definition) is 5. The lowest BCUT2D eigenvalue weighted by atomic mass is 10.1. The Bertz CT molecular complexity index is 821. The van der Waals surface area contributed by atoms with Gasteiger partial charge in [-0.05, 0) is 58.9 Å². The smallest absolute Gasteiger partial charge is 0.410 e. The second-order valence-corrected chi connectivity index (χ2v) is 9.70. The van der Waals surface area contributed by atoms with Gasteiger partial charge in [-0.1, -0.05) is 35.4 Å². The number of carbonyl (C=O) groups excluding carboxylic acids is 1. The Balaban J connectivity index is 1.60. The first-order chi connectivity index (χ1) is 15.1. The molecule has 1 unspecified atom stereocenters. The minimum atomic E-state index is -0.523. The maximum Gasteiger partial charge on any atom is 0.410 e. The van der Waals surface area contributed by atoms with Crippen molar-refractivity contribution in [3.05, 3.63) is 59.7 Å². The van der Waals surface area contributed by atoms with E-state index in [1.165, 1.54) is 11.1 Å². The standard InChI is InChI=1S/C26H37N3O3/c1-20-6-10-22(11-7-20)29(23-12-8-21(2)9-13-23)19-24(30)18-27-14-16-28(17-15-27)25(31)32-26(3,4)5/h6-13,24,30H,14-19H2,1-5H3. The van der Waals surface area contributed by atoms with Gasteiger partial charge in [0.25, 0.3) is 0 Å². The summed E-state index contributed by atoms with van der Waals surface area (Å²) >= 11 is 0. The molecule has 1 fully saturated rings. The van der Waals surface area contributed by atoms with Gasteiger partial charge in [0.05, 0.1) is 12.6 Å². The number of carbonyl (C=O) groups is 1. The largest absolute Gasteiger partial charge is 0.444 e. The Hall–Kier alpha value is -2.57. The molecule has 6 nitrogen and oxygen atoms in total. The van der Waals surface area contributed by atoms with Gasteiger partial charge in [0, 0.05) is 44.1 Å². The third-order valence-corrected chi connectivity index (χ3v) is 5.58. The normalized spacial score (nSPS) is 16.0. The van der Waals surface area contributed by atoms with Crippen LogP contribution in [-0.4, -0.2) is 72.0 Å². The molecule has 32 heavy (non-hydrogen) atoms. The van der Waals surface area contributed by atoms with Gasteiger partial charge in [-0.2, -0.15) is 0 Å². The summed E-state index contributed by atoms with van der Waals surface area (Å²) in [5, 5.41) is 10.9. The van der Waals surface area contributed by atoms with E-state index in [2.05, 4.69) is 72.2 Å². The molecule has 1 aliphatic rings. The summed E-state index contributed by atoms with van der Waals surface area (Å²) in [6.07, 6.45) is -0.784. The van der Waals surface area contributed by atoms with Crippen molar-refractivity contribution < 1.29 is 14.6 Å². The van der Waals surface area contributed by atoms with Crippen molar-refractivity contribution in [2.75, 3.05) is 44.2 Å². The predicted molar refractivity (Wildman–Crippen MR) is 130 cm³/mol. The Labute approximate surface area is 192 Å². The third-order valence-electron chi connectivity index (χ3n) is 5.58. The summed E-state index contributed by atoms with van der Waals surface area (Å²) in [7, 11) is 0. The van der Waals surface area contributed by atoms with Gasteiger partial charge in [0.15, 0.2) is 0 Å². The number of hydrogen-bond donors (Lipinski definition) is 1. The molecule has 0 saturated carbocycles. The van der Waals surface area contributed by atoms with Crippen LogP contribution in [0.3, 0.4) is 0 Å². The summed E-state index contributed by atoms with van der Waals surface area (Å²) in [6.45, 7) is 13.5. The predicted octanol–water partition coefficient (Wildman–Crippen LogP) is 4.36. The topological polar surface area (TPSA) is 56.2 Å². The van der Waals surface area contributed by atoms with E-state index >= 15 is 0 Å². The Morgan fingerprint density at radius 2 is 1.41 bits per heavy atom. The van der Waals surface area contributed by atoms with Gasteiger partial charge in [-0.25, -0.2) is 4.79 Å². The first-order valence-corrected chi connectivity index (χ1v) is 11.4. The Morgan fingerprint density at radius 1 is 0.938 bits per heavy atom. The van der Waals surface area contributed by atoms with Crippen LogP contribution in [0.2, 0.25) is 0 Å². The van der Waals surface area contributed by atoms with Crippen LogP contribution in [-0.2, 0) is 4.74 Å². The highest BCUT2D eigenvalue weighted by atomic mass is 16.6. The van der Waals surface area contributed by atoms with Crippen LogP contribution in [0.4, 0.5) is 16.2 Å². The number of rotatable bonds is 6. The van der Waals surface area contributed by atoms with E-state index in [0.717, 1.165) is 24.5 Å². The van der Waals surface area contributed by atoms with Crippen LogP contribution in [0.15, 0.2) is 48.5 Å². The lowest BCUT2D eigenvalue weighted by Crippen LogP contribution is -2.52. The molecular weight excluding hydrogens is 402 g/mol. The molecule has 1 amide bonds. The molecule has 174 valence electrons. The van der Waals surface area contributed by atoms with E-state index < -0.39 is 11.7 Å². The van der Waals surface area contributed by atoms with Crippen molar-refractivity contribution in [1.82, 2.24) is 9.80 Å². The molecule has 1 atom stereocenters. The van der Waals surface area contributed by atoms with Gasteiger partial charge < -0.3 is 19.6 Å². The number of nitrogens with zero attached hydrogens (tertiary/aromatic N) is 3. The molecule has 0 spiro atoms. The quantitative estimate of drug-likeness (QED) is 0.725. The van der Waals surface area contributed by atoms with E-state index in [4.69, 9.17) is 4.74 Å². The highest BCUT2D eigenvalue weighted by Crippen LogP contribution is 2.26. The maximum absolute atomic E-state index is 12.3. The molecule has 1 heterocycles. The molecule has 1 N–H and O–H groups in total. The summed E-state index contributed by atoms with van der Waals surface area (Å²) < 4.78 is 5.47. The van der Waals surface area contributed by atoms with E-state index in [1.54, 1.807) is 4.90 Å². The number of piperazine rings is 1. The first-order valence-electron chi connectivity index (χ1n) is 11.4. The van der Waals surface area contributed by atoms with Crippen molar-refractivity contribution in [2.24, 2.45) is 0 Å². The van der Waals surface area contributed by atoms with E-state index in [-0.39, 0.29) is 6.09 Å². The molecule has 0 aromatic heterocycles. The van der Waals surface area contributed by atoms with E-state index in [0.29, 0.717) is 26.2 Å². The lowest BCUT2D eigenvalue weighted by molar-refractivity contribution is 0.0106. The van der Waals surface area contributed by atoms with E-state index in [9.17, 15) is 9.90 Å². The van der Waals surface area contributed by atoms with Crippen LogP contribution < -0.4 is 4.90 Å².